The summed E-state index contributed by atoms with van der Waals surface area (Å²) in [7, 11) is 0.0634. The van der Waals surface area contributed by atoms with Gasteiger partial charge in [-0.2, -0.15) is 4.31 Å². The molecule has 1 aliphatic rings. The Morgan fingerprint density at radius 1 is 1.29 bits per heavy atom. The van der Waals surface area contributed by atoms with Crippen LogP contribution < -0.4 is 4.74 Å². The molecule has 1 aromatic carbocycles. The predicted molar refractivity (Wildman–Crippen MR) is 119 cm³/mol. The molecule has 1 N–H and O–H groups in total. The number of aliphatic hydroxyl groups excluding tert-OH is 1. The summed E-state index contributed by atoms with van der Waals surface area (Å²) >= 11 is 0. The maximum absolute atomic E-state index is 13.4. The predicted octanol–water partition coefficient (Wildman–Crippen LogP) is 1.81. The lowest BCUT2D eigenvalue weighted by atomic mass is 10.0. The van der Waals surface area contributed by atoms with Gasteiger partial charge in [0.25, 0.3) is 0 Å². The maximum Gasteiger partial charge on any atom is 0.247 e. The fraction of sp³-hybridized carbons (Fsp3) is 0.435. The molecule has 0 fully saturated rings. The quantitative estimate of drug-likeness (QED) is 0.726. The lowest BCUT2D eigenvalue weighted by molar-refractivity contribution is 0.0812. The third-order valence-corrected chi connectivity index (χ3v) is 7.24. The average Bonchev–Trinajstić information content (AvgIpc) is 2.74. The van der Waals surface area contributed by atoms with Crippen LogP contribution in [0, 0.1) is 17.8 Å². The molecule has 0 unspecified atom stereocenters. The van der Waals surface area contributed by atoms with E-state index >= 15 is 0 Å². The Hall–Kier alpha value is -2.44. The Labute approximate surface area is 184 Å². The second-order valence-electron chi connectivity index (χ2n) is 8.16. The minimum Gasteiger partial charge on any atom is -0.487 e. The molecule has 0 saturated carbocycles. The van der Waals surface area contributed by atoms with Gasteiger partial charge < -0.3 is 14.7 Å². The number of rotatable bonds is 4. The van der Waals surface area contributed by atoms with Gasteiger partial charge in [-0.15, -0.1) is 0 Å². The molecular formula is C23H29N3O4S. The number of nitrogens with zero attached hydrogens (tertiary/aromatic N) is 3. The molecular weight excluding hydrogens is 414 g/mol. The van der Waals surface area contributed by atoms with Gasteiger partial charge in [-0.1, -0.05) is 18.8 Å². The largest absolute Gasteiger partial charge is 0.487 e. The van der Waals surface area contributed by atoms with Crippen molar-refractivity contribution in [1.82, 2.24) is 14.2 Å². The third kappa shape index (κ3) is 5.43. The highest BCUT2D eigenvalue weighted by Gasteiger charge is 2.37. The molecule has 0 aliphatic carbocycles. The number of hydrogen-bond donors (Lipinski definition) is 1. The van der Waals surface area contributed by atoms with E-state index in [0.29, 0.717) is 12.1 Å². The van der Waals surface area contributed by atoms with Gasteiger partial charge in [-0.05, 0) is 51.4 Å². The highest BCUT2D eigenvalue weighted by atomic mass is 32.2. The van der Waals surface area contributed by atoms with Gasteiger partial charge in [0.1, 0.15) is 16.7 Å². The van der Waals surface area contributed by atoms with Crippen LogP contribution in [0.3, 0.4) is 0 Å². The van der Waals surface area contributed by atoms with Crippen molar-refractivity contribution in [3.8, 4) is 17.6 Å². The van der Waals surface area contributed by atoms with Crippen LogP contribution in [0.1, 0.15) is 25.0 Å². The number of hydrogen-bond acceptors (Lipinski definition) is 6. The van der Waals surface area contributed by atoms with Crippen LogP contribution in [-0.2, 0) is 10.0 Å². The first-order chi connectivity index (χ1) is 14.7. The lowest BCUT2D eigenvalue weighted by Crippen LogP contribution is -2.49. The zero-order chi connectivity index (χ0) is 22.6. The van der Waals surface area contributed by atoms with E-state index in [0.717, 1.165) is 5.56 Å². The van der Waals surface area contributed by atoms with Crippen molar-refractivity contribution in [3.63, 3.8) is 0 Å². The number of aliphatic hydroxyl groups is 1. The van der Waals surface area contributed by atoms with Crippen LogP contribution >= 0.6 is 0 Å². The highest BCUT2D eigenvalue weighted by molar-refractivity contribution is 7.89. The van der Waals surface area contributed by atoms with E-state index < -0.39 is 16.1 Å². The summed E-state index contributed by atoms with van der Waals surface area (Å²) in [5, 5.41) is 9.68. The number of ether oxygens (including phenoxy) is 1. The SMILES string of the molecule is C[C@H](CO)N1C[C@H](C)[C@@H](CN(C)C)Oc2cc(C#Cc3cccnc3)ccc2S1(=O)=O. The van der Waals surface area contributed by atoms with Crippen molar-refractivity contribution < 1.29 is 18.3 Å². The summed E-state index contributed by atoms with van der Waals surface area (Å²) in [6.07, 6.45) is 3.13. The van der Waals surface area contributed by atoms with Gasteiger partial charge in [-0.25, -0.2) is 8.42 Å². The van der Waals surface area contributed by atoms with E-state index in [4.69, 9.17) is 4.74 Å². The number of benzene rings is 1. The maximum atomic E-state index is 13.4. The molecule has 3 rings (SSSR count). The Kier molecular flexibility index (Phi) is 7.34. The molecule has 8 heteroatoms. The topological polar surface area (TPSA) is 83.0 Å². The van der Waals surface area contributed by atoms with Gasteiger partial charge >= 0.3 is 0 Å². The van der Waals surface area contributed by atoms with Crippen molar-refractivity contribution in [2.45, 2.75) is 30.9 Å². The highest BCUT2D eigenvalue weighted by Crippen LogP contribution is 2.34. The minimum atomic E-state index is -3.85. The molecule has 31 heavy (non-hydrogen) atoms. The Morgan fingerprint density at radius 3 is 2.68 bits per heavy atom. The first-order valence-corrected chi connectivity index (χ1v) is 11.7. The van der Waals surface area contributed by atoms with Crippen molar-refractivity contribution in [2.24, 2.45) is 5.92 Å². The molecule has 1 aliphatic heterocycles. The fourth-order valence-corrected chi connectivity index (χ4v) is 5.29. The summed E-state index contributed by atoms with van der Waals surface area (Å²) in [6.45, 7) is 4.33. The molecule has 7 nitrogen and oxygen atoms in total. The van der Waals surface area contributed by atoms with Crippen LogP contribution in [0.4, 0.5) is 0 Å². The van der Waals surface area contributed by atoms with Crippen molar-refractivity contribution in [1.29, 1.82) is 0 Å². The monoisotopic (exact) mass is 443 g/mol. The first-order valence-electron chi connectivity index (χ1n) is 10.2. The van der Waals surface area contributed by atoms with Gasteiger partial charge in [-0.3, -0.25) is 4.98 Å². The van der Waals surface area contributed by atoms with Gasteiger partial charge in [0.15, 0.2) is 0 Å². The van der Waals surface area contributed by atoms with Crippen LogP contribution in [0.2, 0.25) is 0 Å². The molecule has 1 aromatic heterocycles. The Morgan fingerprint density at radius 2 is 2.03 bits per heavy atom. The number of pyridine rings is 1. The third-order valence-electron chi connectivity index (χ3n) is 5.22. The van der Waals surface area contributed by atoms with E-state index in [1.165, 1.54) is 10.4 Å². The summed E-state index contributed by atoms with van der Waals surface area (Å²) in [4.78, 5) is 6.16. The standard InChI is InChI=1S/C23H29N3O4S/c1-17-14-26(18(2)16-27)31(28,29)23-10-9-19(7-8-20-6-5-11-24-13-20)12-21(23)30-22(17)15-25(3)4/h5-6,9-13,17-18,22,27H,14-16H2,1-4H3/t17-,18+,22+/m0/s1. The van der Waals surface area contributed by atoms with Gasteiger partial charge in [0.2, 0.25) is 10.0 Å². The van der Waals surface area contributed by atoms with Crippen LogP contribution in [0.15, 0.2) is 47.6 Å². The van der Waals surface area contributed by atoms with Crippen LogP contribution in [0.5, 0.6) is 5.75 Å². The zero-order valence-electron chi connectivity index (χ0n) is 18.3. The molecule has 2 heterocycles. The van der Waals surface area contributed by atoms with E-state index in [1.807, 2.05) is 38.1 Å². The lowest BCUT2D eigenvalue weighted by Gasteiger charge is -2.37. The Balaban J connectivity index is 2.08. The van der Waals surface area contributed by atoms with E-state index in [2.05, 4.69) is 16.8 Å². The second kappa shape index (κ2) is 9.79. The summed E-state index contributed by atoms with van der Waals surface area (Å²) in [5.74, 6) is 6.30. The first kappa shape index (κ1) is 23.2. The van der Waals surface area contributed by atoms with Crippen molar-refractivity contribution in [2.75, 3.05) is 33.8 Å². The summed E-state index contributed by atoms with van der Waals surface area (Å²) in [6, 6.07) is 8.03. The molecule has 0 saturated heterocycles. The summed E-state index contributed by atoms with van der Waals surface area (Å²) < 4.78 is 34.5. The minimum absolute atomic E-state index is 0.0792. The second-order valence-corrected chi connectivity index (χ2v) is 10.0. The fourth-order valence-electron chi connectivity index (χ4n) is 3.46. The summed E-state index contributed by atoms with van der Waals surface area (Å²) in [5.41, 5.74) is 1.42. The number of aromatic nitrogens is 1. The molecule has 2 aromatic rings. The Bertz CT molecular complexity index is 1060. The van der Waals surface area contributed by atoms with Crippen LogP contribution in [0.25, 0.3) is 0 Å². The molecule has 0 radical (unpaired) electrons. The smallest absolute Gasteiger partial charge is 0.247 e. The van der Waals surface area contributed by atoms with Gasteiger partial charge in [0.05, 0.1) is 6.61 Å². The normalized spacial score (nSPS) is 21.7. The average molecular weight is 444 g/mol. The van der Waals surface area contributed by atoms with E-state index in [-0.39, 0.29) is 35.8 Å². The number of likely N-dealkylation sites (N-methyl/N-ethyl adjacent to an activating group) is 1. The van der Waals surface area contributed by atoms with Crippen molar-refractivity contribution >= 4 is 10.0 Å². The van der Waals surface area contributed by atoms with Gasteiger partial charge in [0, 0.05) is 48.6 Å². The molecule has 0 amide bonds. The molecule has 0 bridgehead atoms. The number of fused-ring (bicyclic) bond motifs is 1. The van der Waals surface area contributed by atoms with E-state index in [1.54, 1.807) is 31.5 Å². The zero-order valence-corrected chi connectivity index (χ0v) is 19.1. The molecule has 166 valence electrons. The molecule has 3 atom stereocenters. The molecule has 0 spiro atoms. The number of sulfonamides is 1. The van der Waals surface area contributed by atoms with E-state index in [9.17, 15) is 13.5 Å². The van der Waals surface area contributed by atoms with Crippen molar-refractivity contribution in [3.05, 3.63) is 53.9 Å². The van der Waals surface area contributed by atoms with Crippen LogP contribution in [-0.4, -0.2) is 73.7 Å².